The van der Waals surface area contributed by atoms with Crippen molar-refractivity contribution < 1.29 is 20.0 Å². The van der Waals surface area contributed by atoms with Gasteiger partial charge in [-0.15, -0.1) is 7.05 Å². The molecule has 5 heteroatoms. The van der Waals surface area contributed by atoms with E-state index in [0.717, 1.165) is 5.32 Å². The zero-order valence-electron chi connectivity index (χ0n) is 6.12. The number of carbonyl (C=O) groups is 2. The van der Waals surface area contributed by atoms with Crippen molar-refractivity contribution in [3.8, 4) is 0 Å². The van der Waals surface area contributed by atoms with Crippen molar-refractivity contribution in [1.82, 2.24) is 0 Å². The zero-order chi connectivity index (χ0) is 8.85. The lowest BCUT2D eigenvalue weighted by Gasteiger charge is -2.03. The Morgan fingerprint density at radius 3 is 2.55 bits per heavy atom. The van der Waals surface area contributed by atoms with Crippen LogP contribution in [0.25, 0.3) is 0 Å². The highest BCUT2D eigenvalue weighted by Gasteiger charge is 2.12. The summed E-state index contributed by atoms with van der Waals surface area (Å²) in [7, 11) is 3.25. The van der Waals surface area contributed by atoms with E-state index in [-0.39, 0.29) is 18.7 Å². The van der Waals surface area contributed by atoms with Crippen LogP contribution >= 0.6 is 0 Å². The number of nitrogens with two attached hydrogens (primary N) is 2. The van der Waals surface area contributed by atoms with Gasteiger partial charge in [-0.3, -0.25) is 4.79 Å². The number of carboxylic acid groups (broad SMARTS) is 1. The van der Waals surface area contributed by atoms with E-state index in [0.29, 0.717) is 0 Å². The van der Waals surface area contributed by atoms with Gasteiger partial charge in [0, 0.05) is 0 Å². The molecular formula is C6H12N2O3. The first kappa shape index (κ1) is 10.1. The molecule has 0 bridgehead atoms. The fourth-order valence-corrected chi connectivity index (χ4v) is 0.523. The van der Waals surface area contributed by atoms with E-state index in [9.17, 15) is 9.59 Å². The highest BCUT2D eigenvalue weighted by Crippen LogP contribution is 1.92. The Hall–Kier alpha value is -0.940. The lowest BCUT2D eigenvalue weighted by atomic mass is 10.1. The van der Waals surface area contributed by atoms with Gasteiger partial charge in [-0.2, -0.15) is 0 Å². The third kappa shape index (κ3) is 4.46. The molecule has 1 atom stereocenters. The summed E-state index contributed by atoms with van der Waals surface area (Å²) < 4.78 is 0. The van der Waals surface area contributed by atoms with Crippen LogP contribution in [0, 0.1) is 7.05 Å². The molecule has 0 aliphatic rings. The summed E-state index contributed by atoms with van der Waals surface area (Å²) in [6.45, 7) is 0. The van der Waals surface area contributed by atoms with Gasteiger partial charge in [0.05, 0.1) is 6.42 Å². The fraction of sp³-hybridized carbons (Fsp3) is 0.500. The first-order valence-electron chi connectivity index (χ1n) is 3.21. The Labute approximate surface area is 64.6 Å². The van der Waals surface area contributed by atoms with Gasteiger partial charge in [-0.1, -0.05) is 0 Å². The number of aliphatic carboxylic acids is 1. The van der Waals surface area contributed by atoms with E-state index in [1.165, 1.54) is 0 Å². The standard InChI is InChI=1S/C6H12N2O3/c1-8-5(9)3-2-4(7)6(10)11/h4H,1-3,7-8H2,(H,10,11)/t4-/m0/s1. The highest BCUT2D eigenvalue weighted by molar-refractivity contribution is 5.74. The molecule has 11 heavy (non-hydrogen) atoms. The summed E-state index contributed by atoms with van der Waals surface area (Å²) in [5.41, 5.74) is 5.13. The molecule has 0 saturated heterocycles. The second kappa shape index (κ2) is 4.81. The van der Waals surface area contributed by atoms with Crippen LogP contribution in [-0.4, -0.2) is 23.0 Å². The van der Waals surface area contributed by atoms with Crippen molar-refractivity contribution in [2.75, 3.05) is 0 Å². The Morgan fingerprint density at radius 2 is 2.18 bits per heavy atom. The summed E-state index contributed by atoms with van der Waals surface area (Å²) in [4.78, 5) is 20.7. The predicted molar refractivity (Wildman–Crippen MR) is 37.1 cm³/mol. The Morgan fingerprint density at radius 1 is 1.64 bits per heavy atom. The maximum absolute atomic E-state index is 10.6. The molecule has 5 N–H and O–H groups in total. The second-order valence-electron chi connectivity index (χ2n) is 2.15. The quantitative estimate of drug-likeness (QED) is 0.417. The van der Waals surface area contributed by atoms with Crippen molar-refractivity contribution in [2.24, 2.45) is 5.73 Å². The molecule has 0 aliphatic heterocycles. The minimum absolute atomic E-state index is 0.150. The smallest absolute Gasteiger partial charge is 0.320 e. The molecule has 0 spiro atoms. The van der Waals surface area contributed by atoms with Gasteiger partial charge in [0.1, 0.15) is 6.04 Å². The topological polar surface area (TPSA) is 97.0 Å². The average molecular weight is 160 g/mol. The van der Waals surface area contributed by atoms with Crippen LogP contribution in [0.4, 0.5) is 0 Å². The largest absolute Gasteiger partial charge is 0.480 e. The monoisotopic (exact) mass is 160 g/mol. The normalized spacial score (nSPS) is 12.5. The number of quaternary nitrogens is 1. The Bertz CT molecular complexity index is 158. The molecule has 1 amide bonds. The average Bonchev–Trinajstić information content (AvgIpc) is 1.99. The molecule has 0 fully saturated rings. The summed E-state index contributed by atoms with van der Waals surface area (Å²) in [6, 6.07) is -0.945. The molecule has 0 aromatic heterocycles. The van der Waals surface area contributed by atoms with Crippen LogP contribution in [0.1, 0.15) is 12.8 Å². The molecule has 0 saturated carbocycles. The maximum atomic E-state index is 10.6. The summed E-state index contributed by atoms with van der Waals surface area (Å²) in [6.07, 6.45) is 0.317. The number of carbonyl (C=O) groups excluding carboxylic acids is 1. The lowest BCUT2D eigenvalue weighted by Crippen LogP contribution is -2.81. The maximum Gasteiger partial charge on any atom is 0.320 e. The van der Waals surface area contributed by atoms with Crippen molar-refractivity contribution in [3.63, 3.8) is 0 Å². The molecule has 64 valence electrons. The van der Waals surface area contributed by atoms with Gasteiger partial charge in [-0.25, -0.2) is 4.79 Å². The predicted octanol–water partition coefficient (Wildman–Crippen LogP) is -1.94. The number of amides is 1. The van der Waals surface area contributed by atoms with Gasteiger partial charge in [-0.05, 0) is 6.42 Å². The van der Waals surface area contributed by atoms with Gasteiger partial charge in [0.15, 0.2) is 0 Å². The number of hydrogen-bond acceptors (Lipinski definition) is 3. The minimum atomic E-state index is -1.08. The molecule has 0 aromatic rings. The molecule has 0 aromatic carbocycles. The van der Waals surface area contributed by atoms with Crippen LogP contribution in [0.5, 0.6) is 0 Å². The molecule has 0 aliphatic carbocycles. The van der Waals surface area contributed by atoms with E-state index < -0.39 is 12.0 Å². The molecular weight excluding hydrogens is 148 g/mol. The lowest BCUT2D eigenvalue weighted by molar-refractivity contribution is -0.507. The van der Waals surface area contributed by atoms with Gasteiger partial charge < -0.3 is 16.2 Å². The molecule has 5 nitrogen and oxygen atoms in total. The number of primary amides is 1. The van der Waals surface area contributed by atoms with Crippen LogP contribution in [0.2, 0.25) is 0 Å². The summed E-state index contributed by atoms with van der Waals surface area (Å²) in [5, 5.41) is 9.47. The van der Waals surface area contributed by atoms with Gasteiger partial charge >= 0.3 is 5.97 Å². The van der Waals surface area contributed by atoms with E-state index in [4.69, 9.17) is 10.8 Å². The molecule has 0 radical (unpaired) electrons. The first-order valence-corrected chi connectivity index (χ1v) is 3.21. The summed E-state index contributed by atoms with van der Waals surface area (Å²) in [5.74, 6) is -1.26. The molecule has 0 unspecified atom stereocenters. The third-order valence-corrected chi connectivity index (χ3v) is 1.25. The van der Waals surface area contributed by atoms with E-state index in [1.807, 2.05) is 0 Å². The minimum Gasteiger partial charge on any atom is -0.480 e. The van der Waals surface area contributed by atoms with Crippen molar-refractivity contribution >= 4 is 11.9 Å². The van der Waals surface area contributed by atoms with Crippen LogP contribution in [0.15, 0.2) is 0 Å². The third-order valence-electron chi connectivity index (χ3n) is 1.25. The van der Waals surface area contributed by atoms with Crippen molar-refractivity contribution in [1.29, 1.82) is 0 Å². The highest BCUT2D eigenvalue weighted by atomic mass is 16.4. The Balaban J connectivity index is 3.54. The SMILES string of the molecule is [CH2-][NH2+]C(=O)CC[C@H](N)C(=O)O. The second-order valence-corrected chi connectivity index (χ2v) is 2.15. The molecule has 0 rings (SSSR count). The van der Waals surface area contributed by atoms with Gasteiger partial charge in [0.2, 0.25) is 0 Å². The van der Waals surface area contributed by atoms with E-state index in [1.54, 1.807) is 0 Å². The van der Waals surface area contributed by atoms with Gasteiger partial charge in [0.25, 0.3) is 5.91 Å². The zero-order valence-corrected chi connectivity index (χ0v) is 6.12. The summed E-state index contributed by atoms with van der Waals surface area (Å²) >= 11 is 0. The first-order chi connectivity index (χ1) is 5.07. The number of hydrogen-bond donors (Lipinski definition) is 3. The van der Waals surface area contributed by atoms with E-state index in [2.05, 4.69) is 7.05 Å². The Kier molecular flexibility index (Phi) is 4.40. The van der Waals surface area contributed by atoms with Crippen molar-refractivity contribution in [3.05, 3.63) is 7.05 Å². The molecule has 0 heterocycles. The van der Waals surface area contributed by atoms with E-state index >= 15 is 0 Å². The number of carboxylic acids is 1. The van der Waals surface area contributed by atoms with Crippen molar-refractivity contribution in [2.45, 2.75) is 18.9 Å². The van der Waals surface area contributed by atoms with Crippen LogP contribution in [0.3, 0.4) is 0 Å². The van der Waals surface area contributed by atoms with Crippen LogP contribution < -0.4 is 11.1 Å². The van der Waals surface area contributed by atoms with Crippen LogP contribution in [-0.2, 0) is 9.59 Å². The fourth-order valence-electron chi connectivity index (χ4n) is 0.523. The number of rotatable bonds is 4.